The predicted octanol–water partition coefficient (Wildman–Crippen LogP) is 3.55. The zero-order valence-electron chi connectivity index (χ0n) is 12.1. The SMILES string of the molecule is CCCCCC(C)N(CC)C1CCC(N)CC1. The molecule has 0 bridgehead atoms. The number of nitrogens with zero attached hydrogens (tertiary/aromatic N) is 1. The molecule has 2 heteroatoms. The van der Waals surface area contributed by atoms with Gasteiger partial charge in [-0.1, -0.05) is 33.1 Å². The van der Waals surface area contributed by atoms with Gasteiger partial charge >= 0.3 is 0 Å². The molecule has 0 heterocycles. The summed E-state index contributed by atoms with van der Waals surface area (Å²) in [6.07, 6.45) is 10.5. The van der Waals surface area contributed by atoms with Crippen LogP contribution in [0.2, 0.25) is 0 Å². The first-order valence-corrected chi connectivity index (χ1v) is 7.70. The van der Waals surface area contributed by atoms with Crippen molar-refractivity contribution < 1.29 is 0 Å². The lowest BCUT2D eigenvalue weighted by Gasteiger charge is -2.39. The van der Waals surface area contributed by atoms with Crippen LogP contribution in [0.15, 0.2) is 0 Å². The van der Waals surface area contributed by atoms with Gasteiger partial charge in [0.25, 0.3) is 0 Å². The monoisotopic (exact) mass is 240 g/mol. The second-order valence-corrected chi connectivity index (χ2v) is 5.74. The van der Waals surface area contributed by atoms with Gasteiger partial charge < -0.3 is 5.73 Å². The molecule has 1 rings (SSSR count). The summed E-state index contributed by atoms with van der Waals surface area (Å²) in [7, 11) is 0. The smallest absolute Gasteiger partial charge is 0.00991 e. The Morgan fingerprint density at radius 1 is 1.12 bits per heavy atom. The van der Waals surface area contributed by atoms with E-state index in [-0.39, 0.29) is 0 Å². The van der Waals surface area contributed by atoms with E-state index in [1.807, 2.05) is 0 Å². The molecule has 1 unspecified atom stereocenters. The van der Waals surface area contributed by atoms with Crippen LogP contribution in [0.4, 0.5) is 0 Å². The minimum atomic E-state index is 0.473. The summed E-state index contributed by atoms with van der Waals surface area (Å²) >= 11 is 0. The summed E-state index contributed by atoms with van der Waals surface area (Å²) in [5.41, 5.74) is 5.99. The van der Waals surface area contributed by atoms with Gasteiger partial charge in [0, 0.05) is 18.1 Å². The Hall–Kier alpha value is -0.0800. The third-order valence-electron chi connectivity index (χ3n) is 4.37. The minimum absolute atomic E-state index is 0.473. The molecule has 0 amide bonds. The van der Waals surface area contributed by atoms with Crippen molar-refractivity contribution in [1.82, 2.24) is 4.90 Å². The molecular weight excluding hydrogens is 208 g/mol. The van der Waals surface area contributed by atoms with Gasteiger partial charge in [-0.3, -0.25) is 4.90 Å². The molecule has 0 radical (unpaired) electrons. The van der Waals surface area contributed by atoms with Crippen molar-refractivity contribution >= 4 is 0 Å². The standard InChI is InChI=1S/C15H32N2/c1-4-6-7-8-13(3)17(5-2)15-11-9-14(16)10-12-15/h13-15H,4-12,16H2,1-3H3. The number of hydrogen-bond donors (Lipinski definition) is 1. The number of hydrogen-bond acceptors (Lipinski definition) is 2. The Bertz CT molecular complexity index is 185. The van der Waals surface area contributed by atoms with Crippen LogP contribution in [0.1, 0.15) is 72.1 Å². The van der Waals surface area contributed by atoms with Gasteiger partial charge in [0.15, 0.2) is 0 Å². The average molecular weight is 240 g/mol. The summed E-state index contributed by atoms with van der Waals surface area (Å²) in [4.78, 5) is 2.72. The molecule has 102 valence electrons. The highest BCUT2D eigenvalue weighted by molar-refractivity contribution is 4.83. The highest BCUT2D eigenvalue weighted by atomic mass is 15.2. The quantitative estimate of drug-likeness (QED) is 0.690. The molecule has 1 atom stereocenters. The molecule has 0 saturated heterocycles. The van der Waals surface area contributed by atoms with E-state index in [1.54, 1.807) is 0 Å². The third kappa shape index (κ3) is 4.97. The van der Waals surface area contributed by atoms with E-state index >= 15 is 0 Å². The Balaban J connectivity index is 2.35. The maximum atomic E-state index is 5.99. The van der Waals surface area contributed by atoms with E-state index in [1.165, 1.54) is 57.9 Å². The molecule has 1 aliphatic rings. The van der Waals surface area contributed by atoms with Crippen molar-refractivity contribution in [2.75, 3.05) is 6.54 Å². The number of rotatable bonds is 7. The highest BCUT2D eigenvalue weighted by Crippen LogP contribution is 2.25. The van der Waals surface area contributed by atoms with Gasteiger partial charge in [0.1, 0.15) is 0 Å². The molecular formula is C15H32N2. The normalized spacial score (nSPS) is 27.4. The largest absolute Gasteiger partial charge is 0.328 e. The average Bonchev–Trinajstić information content (AvgIpc) is 2.33. The highest BCUT2D eigenvalue weighted by Gasteiger charge is 2.25. The molecule has 0 aromatic heterocycles. The molecule has 0 aromatic rings. The minimum Gasteiger partial charge on any atom is -0.328 e. The van der Waals surface area contributed by atoms with E-state index in [2.05, 4.69) is 25.7 Å². The van der Waals surface area contributed by atoms with Crippen LogP contribution in [0.25, 0.3) is 0 Å². The van der Waals surface area contributed by atoms with Crippen LogP contribution in [-0.2, 0) is 0 Å². The summed E-state index contributed by atoms with van der Waals surface area (Å²) in [6.45, 7) is 8.20. The predicted molar refractivity (Wildman–Crippen MR) is 76.2 cm³/mol. The first kappa shape index (κ1) is 15.0. The van der Waals surface area contributed by atoms with Crippen LogP contribution in [-0.4, -0.2) is 29.6 Å². The van der Waals surface area contributed by atoms with E-state index in [9.17, 15) is 0 Å². The van der Waals surface area contributed by atoms with E-state index in [0.717, 1.165) is 12.1 Å². The zero-order chi connectivity index (χ0) is 12.7. The second-order valence-electron chi connectivity index (χ2n) is 5.74. The lowest BCUT2D eigenvalue weighted by molar-refractivity contribution is 0.108. The van der Waals surface area contributed by atoms with Crippen LogP contribution >= 0.6 is 0 Å². The first-order chi connectivity index (χ1) is 8.19. The van der Waals surface area contributed by atoms with Crippen molar-refractivity contribution in [3.63, 3.8) is 0 Å². The van der Waals surface area contributed by atoms with Crippen LogP contribution in [0, 0.1) is 0 Å². The van der Waals surface area contributed by atoms with Crippen LogP contribution in [0.3, 0.4) is 0 Å². The van der Waals surface area contributed by atoms with Gasteiger partial charge in [0.05, 0.1) is 0 Å². The Morgan fingerprint density at radius 2 is 1.76 bits per heavy atom. The molecule has 17 heavy (non-hydrogen) atoms. The summed E-state index contributed by atoms with van der Waals surface area (Å²) in [5.74, 6) is 0. The summed E-state index contributed by atoms with van der Waals surface area (Å²) < 4.78 is 0. The number of nitrogens with two attached hydrogens (primary N) is 1. The molecule has 0 aliphatic heterocycles. The van der Waals surface area contributed by atoms with E-state index < -0.39 is 0 Å². The van der Waals surface area contributed by atoms with Gasteiger partial charge in [-0.2, -0.15) is 0 Å². The first-order valence-electron chi connectivity index (χ1n) is 7.70. The van der Waals surface area contributed by atoms with Gasteiger partial charge in [-0.25, -0.2) is 0 Å². The van der Waals surface area contributed by atoms with Crippen molar-refractivity contribution in [1.29, 1.82) is 0 Å². The molecule has 0 aromatic carbocycles. The van der Waals surface area contributed by atoms with Crippen molar-refractivity contribution in [3.8, 4) is 0 Å². The fourth-order valence-corrected chi connectivity index (χ4v) is 3.22. The molecule has 0 spiro atoms. The molecule has 1 saturated carbocycles. The maximum Gasteiger partial charge on any atom is 0.00991 e. The van der Waals surface area contributed by atoms with Crippen LogP contribution < -0.4 is 5.73 Å². The molecule has 1 aliphatic carbocycles. The fraction of sp³-hybridized carbons (Fsp3) is 1.00. The van der Waals surface area contributed by atoms with Gasteiger partial charge in [0.2, 0.25) is 0 Å². The number of unbranched alkanes of at least 4 members (excludes halogenated alkanes) is 2. The molecule has 2 nitrogen and oxygen atoms in total. The lowest BCUT2D eigenvalue weighted by atomic mass is 9.89. The van der Waals surface area contributed by atoms with E-state index in [0.29, 0.717) is 6.04 Å². The van der Waals surface area contributed by atoms with Crippen molar-refractivity contribution in [3.05, 3.63) is 0 Å². The Morgan fingerprint density at radius 3 is 2.29 bits per heavy atom. The fourth-order valence-electron chi connectivity index (χ4n) is 3.22. The molecule has 2 N–H and O–H groups in total. The van der Waals surface area contributed by atoms with Crippen LogP contribution in [0.5, 0.6) is 0 Å². The lowest BCUT2D eigenvalue weighted by Crippen LogP contribution is -2.45. The Kier molecular flexibility index (Phi) is 7.14. The third-order valence-corrected chi connectivity index (χ3v) is 4.37. The molecule has 1 fully saturated rings. The Labute approximate surface area is 108 Å². The van der Waals surface area contributed by atoms with E-state index in [4.69, 9.17) is 5.73 Å². The topological polar surface area (TPSA) is 29.3 Å². The van der Waals surface area contributed by atoms with Gasteiger partial charge in [-0.05, 0) is 45.6 Å². The van der Waals surface area contributed by atoms with Crippen molar-refractivity contribution in [2.45, 2.75) is 90.3 Å². The van der Waals surface area contributed by atoms with Crippen molar-refractivity contribution in [2.24, 2.45) is 5.73 Å². The zero-order valence-corrected chi connectivity index (χ0v) is 12.1. The summed E-state index contributed by atoms with van der Waals surface area (Å²) in [6, 6.07) is 2.03. The maximum absolute atomic E-state index is 5.99. The summed E-state index contributed by atoms with van der Waals surface area (Å²) in [5, 5.41) is 0. The second kappa shape index (κ2) is 8.10. The van der Waals surface area contributed by atoms with Gasteiger partial charge in [-0.15, -0.1) is 0 Å².